The van der Waals surface area contributed by atoms with Crippen molar-refractivity contribution in [1.29, 1.82) is 0 Å². The van der Waals surface area contributed by atoms with Gasteiger partial charge in [0.05, 0.1) is 0 Å². The average Bonchev–Trinajstić information content (AvgIpc) is 2.95. The van der Waals surface area contributed by atoms with E-state index in [1.54, 1.807) is 6.08 Å². The fourth-order valence-electron chi connectivity index (χ4n) is 3.90. The second-order valence-electron chi connectivity index (χ2n) is 6.19. The summed E-state index contributed by atoms with van der Waals surface area (Å²) in [6.45, 7) is 0. The van der Waals surface area contributed by atoms with Gasteiger partial charge in [0.25, 0.3) is 0 Å². The summed E-state index contributed by atoms with van der Waals surface area (Å²) in [4.78, 5) is 4.69. The van der Waals surface area contributed by atoms with Crippen LogP contribution in [-0.4, -0.2) is 13.1 Å². The Balaban J connectivity index is 0.00000121. The molecule has 1 heterocycles. The summed E-state index contributed by atoms with van der Waals surface area (Å²) in [6, 6.07) is 6.25. The number of rotatable bonds is 3. The predicted molar refractivity (Wildman–Crippen MR) is 97.0 cm³/mol. The van der Waals surface area contributed by atoms with Gasteiger partial charge in [0.1, 0.15) is 0 Å². The van der Waals surface area contributed by atoms with Crippen LogP contribution in [0, 0.1) is 0 Å². The molecule has 0 saturated heterocycles. The van der Waals surface area contributed by atoms with E-state index in [1.165, 1.54) is 40.0 Å². The van der Waals surface area contributed by atoms with Gasteiger partial charge in [-0.2, -0.15) is 0 Å². The van der Waals surface area contributed by atoms with Crippen LogP contribution in [0.3, 0.4) is 0 Å². The van der Waals surface area contributed by atoms with Crippen LogP contribution >= 0.6 is 24.8 Å². The molecular weight excluding hydrogens is 372 g/mol. The van der Waals surface area contributed by atoms with Gasteiger partial charge in [-0.25, -0.2) is 0 Å². The fraction of sp³-hybridized carbons (Fsp3) is 0.438. The molecule has 0 aromatic carbocycles. The van der Waals surface area contributed by atoms with Gasteiger partial charge in [-0.1, -0.05) is 0 Å². The molecular formula is C16H24Cl2FNSiTi. The van der Waals surface area contributed by atoms with E-state index >= 15 is 0 Å². The van der Waals surface area contributed by atoms with Crippen molar-refractivity contribution in [1.82, 2.24) is 4.98 Å². The summed E-state index contributed by atoms with van der Waals surface area (Å²) in [5.41, 5.74) is 0. The molecule has 1 unspecified atom stereocenters. The Hall–Kier alpha value is 0.0712. The van der Waals surface area contributed by atoms with E-state index in [0.717, 1.165) is 18.8 Å². The van der Waals surface area contributed by atoms with Crippen LogP contribution < -0.4 is 4.00 Å². The van der Waals surface area contributed by atoms with Gasteiger partial charge < -0.3 is 0 Å². The number of halogens is 3. The van der Waals surface area contributed by atoms with Crippen molar-refractivity contribution in [2.75, 3.05) is 0 Å². The molecule has 1 atom stereocenters. The SMILES string of the molecule is Cl.Cl.FC1=[C]([Ti]([SiH3])([c]2ccccn2)[CH]2CCCCC2)CC=C1. The molecule has 0 amide bonds. The van der Waals surface area contributed by atoms with Gasteiger partial charge in [0.2, 0.25) is 0 Å². The second kappa shape index (κ2) is 8.79. The maximum atomic E-state index is 14.4. The molecule has 1 aromatic heterocycles. The predicted octanol–water partition coefficient (Wildman–Crippen LogP) is 3.88. The summed E-state index contributed by atoms with van der Waals surface area (Å²) in [7, 11) is 1.11. The summed E-state index contributed by atoms with van der Waals surface area (Å²) < 4.78 is 17.6. The molecule has 0 radical (unpaired) electrons. The molecule has 1 saturated carbocycles. The zero-order valence-electron chi connectivity index (χ0n) is 12.9. The third-order valence-electron chi connectivity index (χ3n) is 5.12. The molecule has 0 N–H and O–H groups in total. The van der Waals surface area contributed by atoms with Crippen LogP contribution in [-0.2, 0) is 15.8 Å². The monoisotopic (exact) mass is 395 g/mol. The quantitative estimate of drug-likeness (QED) is 0.707. The number of nitrogens with zero attached hydrogens (tertiary/aromatic N) is 1. The first-order valence-corrected chi connectivity index (χ1v) is 15.8. The molecule has 6 heteroatoms. The fourth-order valence-corrected chi connectivity index (χ4v) is 16.6. The Bertz CT molecular complexity index is 546. The van der Waals surface area contributed by atoms with Crippen molar-refractivity contribution in [3.8, 4) is 0 Å². The van der Waals surface area contributed by atoms with Crippen molar-refractivity contribution in [3.63, 3.8) is 0 Å². The second-order valence-corrected chi connectivity index (χ2v) is 19.5. The minimum absolute atomic E-state index is 0. The molecule has 22 heavy (non-hydrogen) atoms. The van der Waals surface area contributed by atoms with E-state index in [0.29, 0.717) is 0 Å². The Morgan fingerprint density at radius 2 is 1.86 bits per heavy atom. The van der Waals surface area contributed by atoms with Crippen molar-refractivity contribution >= 4 is 36.9 Å². The molecule has 0 aliphatic heterocycles. The molecule has 2 aliphatic rings. The van der Waals surface area contributed by atoms with Crippen molar-refractivity contribution in [2.24, 2.45) is 0 Å². The van der Waals surface area contributed by atoms with Gasteiger partial charge in [-0.3, -0.25) is 0 Å². The van der Waals surface area contributed by atoms with Crippen LogP contribution in [0.15, 0.2) is 46.3 Å². The molecule has 0 spiro atoms. The van der Waals surface area contributed by atoms with E-state index in [2.05, 4.69) is 12.1 Å². The molecule has 1 fully saturated rings. The van der Waals surface area contributed by atoms with Crippen molar-refractivity contribution in [3.05, 3.63) is 46.3 Å². The molecule has 1 nitrogen and oxygen atoms in total. The molecule has 122 valence electrons. The van der Waals surface area contributed by atoms with Gasteiger partial charge >= 0.3 is 126 Å². The Morgan fingerprint density at radius 1 is 1.14 bits per heavy atom. The molecule has 3 rings (SSSR count). The third-order valence-corrected chi connectivity index (χ3v) is 21.3. The number of pyridine rings is 1. The molecule has 1 aromatic rings. The molecule has 2 aliphatic carbocycles. The van der Waals surface area contributed by atoms with Crippen LogP contribution in [0.1, 0.15) is 38.5 Å². The number of hydrogen-bond acceptors (Lipinski definition) is 1. The van der Waals surface area contributed by atoms with Crippen LogP contribution in [0.5, 0.6) is 0 Å². The van der Waals surface area contributed by atoms with Crippen molar-refractivity contribution in [2.45, 2.75) is 42.7 Å². The van der Waals surface area contributed by atoms with E-state index in [4.69, 9.17) is 4.98 Å². The van der Waals surface area contributed by atoms with Crippen LogP contribution in [0.25, 0.3) is 0 Å². The molecule has 0 bridgehead atoms. The van der Waals surface area contributed by atoms with Crippen LogP contribution in [0.2, 0.25) is 4.22 Å². The Kier molecular flexibility index (Phi) is 8.04. The Labute approximate surface area is 150 Å². The van der Waals surface area contributed by atoms with E-state index in [-0.39, 0.29) is 30.6 Å². The number of hydrogen-bond donors (Lipinski definition) is 0. The number of allylic oxidation sites excluding steroid dienone is 4. The normalized spacial score (nSPS) is 21.1. The average molecular weight is 396 g/mol. The maximum absolute atomic E-state index is 14.4. The first-order chi connectivity index (χ1) is 9.73. The number of aromatic nitrogens is 1. The minimum atomic E-state index is -2.50. The standard InChI is InChI=1S/C6H11.C5H4F.C5H4N.2ClH.H3Si.Ti/c1-2-4-6-5-3-1;6-5-3-1-2-4-5;1-2-4-6-5-3-1;;;;/h1H,2-6H2;1,3H,2H2;1-4H;2*1H;1H3;. The van der Waals surface area contributed by atoms with Gasteiger partial charge in [0, 0.05) is 0 Å². The topological polar surface area (TPSA) is 12.9 Å². The first-order valence-electron chi connectivity index (χ1n) is 7.70. The van der Waals surface area contributed by atoms with E-state index < -0.39 is 15.8 Å². The summed E-state index contributed by atoms with van der Waals surface area (Å²) in [5, 5.41) is 0. The van der Waals surface area contributed by atoms with Gasteiger partial charge in [0.15, 0.2) is 0 Å². The first kappa shape index (κ1) is 20.1. The summed E-state index contributed by atoms with van der Waals surface area (Å²) in [6.07, 6.45) is 13.1. The van der Waals surface area contributed by atoms with Crippen LogP contribution in [0.4, 0.5) is 4.39 Å². The third kappa shape index (κ3) is 3.76. The van der Waals surface area contributed by atoms with Gasteiger partial charge in [-0.05, 0) is 0 Å². The van der Waals surface area contributed by atoms with Gasteiger partial charge in [-0.15, -0.1) is 24.8 Å². The zero-order valence-corrected chi connectivity index (χ0v) is 18.1. The zero-order chi connectivity index (χ0) is 14.0. The Morgan fingerprint density at radius 3 is 2.41 bits per heavy atom. The van der Waals surface area contributed by atoms with Crippen molar-refractivity contribution < 1.29 is 20.2 Å². The van der Waals surface area contributed by atoms with E-state index in [1.807, 2.05) is 18.3 Å². The summed E-state index contributed by atoms with van der Waals surface area (Å²) >= 11 is -2.50. The summed E-state index contributed by atoms with van der Waals surface area (Å²) in [5.74, 6) is 0.0798. The van der Waals surface area contributed by atoms with E-state index in [9.17, 15) is 4.39 Å².